The molecule has 0 aliphatic rings. The molecule has 0 radical (unpaired) electrons. The molecule has 78 valence electrons. The summed E-state index contributed by atoms with van der Waals surface area (Å²) in [4.78, 5) is 10.9. The molecular formula is C10H17N2O2+. The summed E-state index contributed by atoms with van der Waals surface area (Å²) in [7, 11) is 1.74. The number of aromatic nitrogens is 2. The molecule has 0 saturated carbocycles. The van der Waals surface area contributed by atoms with E-state index in [-0.39, 0.29) is 5.41 Å². The van der Waals surface area contributed by atoms with Gasteiger partial charge in [0.15, 0.2) is 0 Å². The highest BCUT2D eigenvalue weighted by Gasteiger charge is 2.25. The third-order valence-corrected chi connectivity index (χ3v) is 1.91. The minimum absolute atomic E-state index is 0.0796. The zero-order valence-corrected chi connectivity index (χ0v) is 9.11. The van der Waals surface area contributed by atoms with Crippen molar-refractivity contribution in [1.29, 1.82) is 0 Å². The first-order valence-corrected chi connectivity index (χ1v) is 4.59. The first-order chi connectivity index (χ1) is 6.31. The number of carboxylic acid groups (broad SMARTS) is 1. The molecule has 4 heteroatoms. The van der Waals surface area contributed by atoms with Crippen molar-refractivity contribution in [3.63, 3.8) is 0 Å². The van der Waals surface area contributed by atoms with Gasteiger partial charge in [0.25, 0.3) is 0 Å². The first kappa shape index (κ1) is 10.8. The molecule has 0 aromatic carbocycles. The molecule has 1 heterocycles. The fourth-order valence-electron chi connectivity index (χ4n) is 1.44. The van der Waals surface area contributed by atoms with Crippen LogP contribution in [0.5, 0.6) is 0 Å². The average molecular weight is 197 g/mol. The Hall–Kier alpha value is -1.32. The molecule has 0 fully saturated rings. The number of aryl methyl sites for hydroxylation is 1. The topological polar surface area (TPSA) is 46.1 Å². The number of imidazole rings is 1. The molecule has 0 aliphatic carbocycles. The van der Waals surface area contributed by atoms with Crippen molar-refractivity contribution >= 4 is 5.97 Å². The van der Waals surface area contributed by atoms with Gasteiger partial charge in [-0.15, -0.1) is 0 Å². The highest BCUT2D eigenvalue weighted by molar-refractivity contribution is 5.81. The smallest absolute Gasteiger partial charge is 0.419 e. The highest BCUT2D eigenvalue weighted by atomic mass is 16.4. The van der Waals surface area contributed by atoms with Crippen LogP contribution in [0.1, 0.15) is 31.4 Å². The van der Waals surface area contributed by atoms with Crippen LogP contribution in [0.15, 0.2) is 12.4 Å². The summed E-state index contributed by atoms with van der Waals surface area (Å²) < 4.78 is 3.39. The Balaban J connectivity index is 3.04. The van der Waals surface area contributed by atoms with Gasteiger partial charge in [-0.3, -0.25) is 0 Å². The van der Waals surface area contributed by atoms with Crippen LogP contribution in [0.2, 0.25) is 0 Å². The maximum atomic E-state index is 10.9. The summed E-state index contributed by atoms with van der Waals surface area (Å²) in [5.41, 5.74) is 0.0796. The van der Waals surface area contributed by atoms with Crippen LogP contribution in [-0.4, -0.2) is 15.6 Å². The lowest BCUT2D eigenvalue weighted by Crippen LogP contribution is -2.36. The predicted octanol–water partition coefficient (Wildman–Crippen LogP) is 1.06. The number of hydrogen-bond acceptors (Lipinski definition) is 1. The number of aromatic carboxylic acids is 1. The standard InChI is InChI=1S/C10H16N2O2/c1-10(2,3)7-12-6-5-11(4)8(12)9(13)14/h5-6H,7H2,1-4H3/p+1. The lowest BCUT2D eigenvalue weighted by Gasteiger charge is -2.15. The highest BCUT2D eigenvalue weighted by Crippen LogP contribution is 2.16. The number of rotatable bonds is 2. The fourth-order valence-corrected chi connectivity index (χ4v) is 1.44. The Morgan fingerprint density at radius 3 is 2.57 bits per heavy atom. The summed E-state index contributed by atoms with van der Waals surface area (Å²) in [6, 6.07) is 0. The van der Waals surface area contributed by atoms with Gasteiger partial charge in [0.05, 0.1) is 13.6 Å². The lowest BCUT2D eigenvalue weighted by molar-refractivity contribution is -0.673. The lowest BCUT2D eigenvalue weighted by atomic mass is 9.97. The molecular weight excluding hydrogens is 180 g/mol. The van der Waals surface area contributed by atoms with Crippen molar-refractivity contribution in [2.45, 2.75) is 27.3 Å². The predicted molar refractivity (Wildman–Crippen MR) is 52.0 cm³/mol. The van der Waals surface area contributed by atoms with Crippen LogP contribution in [0.4, 0.5) is 0 Å². The van der Waals surface area contributed by atoms with E-state index in [4.69, 9.17) is 5.11 Å². The van der Waals surface area contributed by atoms with E-state index in [1.165, 1.54) is 0 Å². The quantitative estimate of drug-likeness (QED) is 0.720. The minimum Gasteiger partial charge on any atom is -0.472 e. The van der Waals surface area contributed by atoms with Crippen molar-refractivity contribution < 1.29 is 14.5 Å². The van der Waals surface area contributed by atoms with Gasteiger partial charge in [0.1, 0.15) is 12.4 Å². The summed E-state index contributed by atoms with van der Waals surface area (Å²) in [5, 5.41) is 8.99. The van der Waals surface area contributed by atoms with Gasteiger partial charge in [-0.2, -0.15) is 0 Å². The normalized spacial score (nSPS) is 11.7. The van der Waals surface area contributed by atoms with Crippen LogP contribution in [0.25, 0.3) is 0 Å². The average Bonchev–Trinajstić information content (AvgIpc) is 2.27. The zero-order valence-electron chi connectivity index (χ0n) is 9.11. The van der Waals surface area contributed by atoms with Gasteiger partial charge < -0.3 is 5.11 Å². The Labute approximate surface area is 83.8 Å². The molecule has 1 N–H and O–H groups in total. The van der Waals surface area contributed by atoms with E-state index < -0.39 is 5.97 Å². The van der Waals surface area contributed by atoms with Crippen LogP contribution >= 0.6 is 0 Å². The van der Waals surface area contributed by atoms with E-state index in [0.29, 0.717) is 12.4 Å². The largest absolute Gasteiger partial charge is 0.472 e. The maximum absolute atomic E-state index is 10.9. The van der Waals surface area contributed by atoms with Crippen LogP contribution in [0.3, 0.4) is 0 Å². The Morgan fingerprint density at radius 2 is 2.14 bits per heavy atom. The van der Waals surface area contributed by atoms with Crippen molar-refractivity contribution in [1.82, 2.24) is 4.57 Å². The number of nitrogens with zero attached hydrogens (tertiary/aromatic N) is 2. The molecule has 14 heavy (non-hydrogen) atoms. The summed E-state index contributed by atoms with van der Waals surface area (Å²) in [6.07, 6.45) is 3.56. The van der Waals surface area contributed by atoms with Crippen LogP contribution < -0.4 is 4.57 Å². The molecule has 1 rings (SSSR count). The Morgan fingerprint density at radius 1 is 1.57 bits per heavy atom. The molecule has 1 aromatic rings. The number of hydrogen-bond donors (Lipinski definition) is 1. The maximum Gasteiger partial charge on any atom is 0.419 e. The Kier molecular flexibility index (Phi) is 2.64. The minimum atomic E-state index is -0.887. The monoisotopic (exact) mass is 197 g/mol. The van der Waals surface area contributed by atoms with Crippen LogP contribution in [-0.2, 0) is 13.6 Å². The Bertz CT molecular complexity index is 347. The van der Waals surface area contributed by atoms with E-state index in [1.807, 2.05) is 0 Å². The molecule has 1 aromatic heterocycles. The molecule has 0 aliphatic heterocycles. The first-order valence-electron chi connectivity index (χ1n) is 4.59. The second-order valence-corrected chi connectivity index (χ2v) is 4.73. The van der Waals surface area contributed by atoms with Gasteiger partial charge in [0, 0.05) is 0 Å². The van der Waals surface area contributed by atoms with Crippen LogP contribution in [0, 0.1) is 5.41 Å². The SMILES string of the molecule is C[n+]1ccn(CC(C)(C)C)c1C(=O)O. The molecule has 0 bridgehead atoms. The number of carboxylic acids is 1. The molecule has 0 saturated heterocycles. The van der Waals surface area contributed by atoms with Crippen molar-refractivity contribution in [3.05, 3.63) is 18.2 Å². The molecule has 0 spiro atoms. The van der Waals surface area contributed by atoms with E-state index in [2.05, 4.69) is 20.8 Å². The second kappa shape index (κ2) is 3.44. The van der Waals surface area contributed by atoms with Crippen molar-refractivity contribution in [3.8, 4) is 0 Å². The zero-order chi connectivity index (χ0) is 10.9. The van der Waals surface area contributed by atoms with Gasteiger partial charge >= 0.3 is 11.8 Å². The molecule has 0 atom stereocenters. The fraction of sp³-hybridized carbons (Fsp3) is 0.600. The number of carbonyl (C=O) groups is 1. The van der Waals surface area contributed by atoms with Gasteiger partial charge in [-0.1, -0.05) is 20.8 Å². The molecule has 0 amide bonds. The van der Waals surface area contributed by atoms with Gasteiger partial charge in [0.2, 0.25) is 0 Å². The third kappa shape index (κ3) is 2.34. The summed E-state index contributed by atoms with van der Waals surface area (Å²) >= 11 is 0. The van der Waals surface area contributed by atoms with E-state index >= 15 is 0 Å². The van der Waals surface area contributed by atoms with E-state index in [1.54, 1.807) is 28.6 Å². The van der Waals surface area contributed by atoms with Crippen molar-refractivity contribution in [2.24, 2.45) is 12.5 Å². The second-order valence-electron chi connectivity index (χ2n) is 4.73. The summed E-state index contributed by atoms with van der Waals surface area (Å²) in [5.74, 6) is -0.568. The van der Waals surface area contributed by atoms with Crippen molar-refractivity contribution in [2.75, 3.05) is 0 Å². The van der Waals surface area contributed by atoms with E-state index in [9.17, 15) is 4.79 Å². The van der Waals surface area contributed by atoms with E-state index in [0.717, 1.165) is 0 Å². The molecule has 0 unspecified atom stereocenters. The van der Waals surface area contributed by atoms with Gasteiger partial charge in [-0.25, -0.2) is 13.9 Å². The summed E-state index contributed by atoms with van der Waals surface area (Å²) in [6.45, 7) is 6.95. The molecule has 4 nitrogen and oxygen atoms in total. The van der Waals surface area contributed by atoms with Gasteiger partial charge in [-0.05, 0) is 5.41 Å². The third-order valence-electron chi connectivity index (χ3n) is 1.91.